The summed E-state index contributed by atoms with van der Waals surface area (Å²) >= 11 is 0. The average molecular weight is 635 g/mol. The summed E-state index contributed by atoms with van der Waals surface area (Å²) in [5.74, 6) is 0. The zero-order chi connectivity index (χ0) is 0. The van der Waals surface area contributed by atoms with Gasteiger partial charge in [-0.1, -0.05) is 0 Å². The topological polar surface area (TPSA) is 360 Å². The zero-order valence-corrected chi connectivity index (χ0v) is 13.1. The first-order valence-corrected chi connectivity index (χ1v) is 0. The summed E-state index contributed by atoms with van der Waals surface area (Å²) in [6.07, 6.45) is 0. The Bertz CT molecular complexity index is 13.6. The molecule has 0 saturated carbocycles. The van der Waals surface area contributed by atoms with Crippen molar-refractivity contribution in [1.29, 1.82) is 0 Å². The molecule has 0 aromatic rings. The molecule has 0 aliphatic rings. The summed E-state index contributed by atoms with van der Waals surface area (Å²) in [6.45, 7) is 0. The van der Waals surface area contributed by atoms with E-state index < -0.39 is 0 Å². The molecule has 0 aliphatic heterocycles. The van der Waals surface area contributed by atoms with Gasteiger partial charge in [-0.15, -0.1) is 0 Å². The van der Waals surface area contributed by atoms with Crippen LogP contribution in [0.25, 0.3) is 0 Å². The van der Waals surface area contributed by atoms with Crippen LogP contribution in [0.5, 0.6) is 0 Å². The predicted molar refractivity (Wildman–Crippen MR) is 25.0 cm³/mol. The first-order chi connectivity index (χ1) is 0. The molecule has 12 nitrogen and oxygen atoms in total. The van der Waals surface area contributed by atoms with Gasteiger partial charge in [0, 0.05) is 40.8 Å². The summed E-state index contributed by atoms with van der Waals surface area (Å²) < 4.78 is 0. The second-order valence-electron chi connectivity index (χ2n) is 0. The monoisotopic (exact) mass is 636 g/mol. The van der Waals surface area contributed by atoms with Crippen LogP contribution in [0.4, 0.5) is 0 Å². The molecule has 0 saturated heterocycles. The molecule has 3 radical (unpaired) electrons. The van der Waals surface area contributed by atoms with Crippen LogP contribution >= 0.6 is 0 Å². The molecular formula is H12NiO12Re2-9. The van der Waals surface area contributed by atoms with Crippen molar-refractivity contribution in [3.63, 3.8) is 0 Å². The molecule has 12 N–H and O–H groups in total. The summed E-state index contributed by atoms with van der Waals surface area (Å²) in [5, 5.41) is 0. The van der Waals surface area contributed by atoms with Crippen LogP contribution in [0, 0.1) is 0 Å². The van der Waals surface area contributed by atoms with Crippen LogP contribution in [0.15, 0.2) is 0 Å². The van der Waals surface area contributed by atoms with E-state index in [1.807, 2.05) is 0 Å². The molecule has 0 atom stereocenters. The molecule has 0 unspecified atom stereocenters. The second-order valence-corrected chi connectivity index (χ2v) is 0. The fourth-order valence-corrected chi connectivity index (χ4v) is 0. The van der Waals surface area contributed by atoms with E-state index in [0.717, 1.165) is 0 Å². The van der Waals surface area contributed by atoms with Gasteiger partial charge in [0.15, 0.2) is 0 Å². The Balaban J connectivity index is 0. The van der Waals surface area contributed by atoms with Crippen LogP contribution < -0.4 is 0 Å². The van der Waals surface area contributed by atoms with Crippen molar-refractivity contribution < 1.29 is 123 Å². The summed E-state index contributed by atoms with van der Waals surface area (Å²) in [6, 6.07) is 0. The fourth-order valence-electron chi connectivity index (χ4n) is 0. The van der Waals surface area contributed by atoms with E-state index in [-0.39, 0.29) is 123 Å². The predicted octanol–water partition coefficient (Wildman–Crippen LogP) is -4.65. The third kappa shape index (κ3) is 1520. The molecule has 0 spiro atoms. The summed E-state index contributed by atoms with van der Waals surface area (Å²) in [7, 11) is 0. The minimum Gasteiger partial charge on any atom is -2.00 e. The SMILES string of the molecule is [Ni+3].[O-2].[O-2].[O-2].[O-2].[O-2].[O-2].[O-2].[O-2].[OH3+].[OH3+].[OH3+].[OH3+].[Re].[Re]. The van der Waals surface area contributed by atoms with Crippen molar-refractivity contribution in [2.24, 2.45) is 0 Å². The molecule has 15 heavy (non-hydrogen) atoms. The molecule has 0 bridgehead atoms. The van der Waals surface area contributed by atoms with Gasteiger partial charge in [-0.3, -0.25) is 0 Å². The first-order valence-electron chi connectivity index (χ1n) is 0. The molecule has 0 aliphatic carbocycles. The van der Waals surface area contributed by atoms with E-state index in [4.69, 9.17) is 0 Å². The first kappa shape index (κ1) is 2150. The van der Waals surface area contributed by atoms with Crippen molar-refractivity contribution in [3.8, 4) is 0 Å². The molecule has 117 valence electrons. The largest absolute Gasteiger partial charge is 3.00 e. The van der Waals surface area contributed by atoms with Gasteiger partial charge < -0.3 is 65.7 Å². The van der Waals surface area contributed by atoms with Gasteiger partial charge in [-0.25, -0.2) is 0 Å². The normalized spacial score (nSPS) is 0. The van der Waals surface area contributed by atoms with E-state index >= 15 is 0 Å². The van der Waals surface area contributed by atoms with Gasteiger partial charge in [0.05, 0.1) is 0 Å². The molecule has 15 heteroatoms. The van der Waals surface area contributed by atoms with Crippen molar-refractivity contribution in [3.05, 3.63) is 0 Å². The minimum absolute atomic E-state index is 0. The van der Waals surface area contributed by atoms with E-state index in [2.05, 4.69) is 0 Å². The third-order valence-corrected chi connectivity index (χ3v) is 0. The fraction of sp³-hybridized carbons (Fsp3) is 0. The van der Waals surface area contributed by atoms with Crippen LogP contribution in [0.2, 0.25) is 0 Å². The zero-order valence-electron chi connectivity index (χ0n) is 6.65. The Morgan fingerprint density at radius 1 is 0.267 bits per heavy atom. The van der Waals surface area contributed by atoms with Crippen molar-refractivity contribution in [2.45, 2.75) is 0 Å². The van der Waals surface area contributed by atoms with Crippen molar-refractivity contribution in [2.75, 3.05) is 0 Å². The molecule has 0 aromatic heterocycles. The molecule has 0 amide bonds. The number of hydrogen-bond acceptors (Lipinski definition) is 0. The molecule has 0 heterocycles. The molecule has 0 fully saturated rings. The van der Waals surface area contributed by atoms with E-state index in [0.29, 0.717) is 0 Å². The standard InChI is InChI=1S/Ni.4H2O.8O.2Re/h;4*1H2;;;;;;;;;;/q+3;;;;;8*-2;;/p+4. The molecule has 0 aromatic carbocycles. The Morgan fingerprint density at radius 3 is 0.267 bits per heavy atom. The van der Waals surface area contributed by atoms with Crippen molar-refractivity contribution in [1.82, 2.24) is 0 Å². The Morgan fingerprint density at radius 2 is 0.267 bits per heavy atom. The van der Waals surface area contributed by atoms with Gasteiger partial charge in [-0.2, -0.15) is 0 Å². The summed E-state index contributed by atoms with van der Waals surface area (Å²) in [5.41, 5.74) is 0. The second kappa shape index (κ2) is 1760. The molecule has 0 rings (SSSR count). The van der Waals surface area contributed by atoms with Crippen LogP contribution in [-0.2, 0) is 123 Å². The maximum absolute atomic E-state index is 0. The van der Waals surface area contributed by atoms with Crippen LogP contribution in [0.1, 0.15) is 0 Å². The van der Waals surface area contributed by atoms with Gasteiger partial charge in [0.2, 0.25) is 0 Å². The maximum Gasteiger partial charge on any atom is 3.00 e. The molecular weight excluding hydrogens is 623 g/mol. The smallest absolute Gasteiger partial charge is 2.00 e. The average Bonchev–Trinajstić information content (AvgIpc) is 0. The number of hydrogen-bond donors (Lipinski definition) is 0. The van der Waals surface area contributed by atoms with Crippen LogP contribution in [0.3, 0.4) is 0 Å². The van der Waals surface area contributed by atoms with Gasteiger partial charge >= 0.3 is 16.5 Å². The minimum atomic E-state index is 0. The quantitative estimate of drug-likeness (QED) is 0.179. The van der Waals surface area contributed by atoms with E-state index in [1.165, 1.54) is 0 Å². The Kier molecular flexibility index (Phi) is 252000. The van der Waals surface area contributed by atoms with Gasteiger partial charge in [0.25, 0.3) is 0 Å². The Hall–Kier alpha value is 1.34. The summed E-state index contributed by atoms with van der Waals surface area (Å²) in [4.78, 5) is 0. The van der Waals surface area contributed by atoms with E-state index in [9.17, 15) is 0 Å². The van der Waals surface area contributed by atoms with Crippen molar-refractivity contribution >= 4 is 0 Å². The van der Waals surface area contributed by atoms with Gasteiger partial charge in [-0.05, 0) is 0 Å². The Labute approximate surface area is 123 Å². The maximum atomic E-state index is 0. The van der Waals surface area contributed by atoms with Gasteiger partial charge in [0.1, 0.15) is 0 Å². The number of rotatable bonds is 0. The van der Waals surface area contributed by atoms with E-state index in [1.54, 1.807) is 0 Å². The van der Waals surface area contributed by atoms with Crippen LogP contribution in [-0.4, -0.2) is 0 Å². The third-order valence-electron chi connectivity index (χ3n) is 0.